The van der Waals surface area contributed by atoms with Gasteiger partial charge in [-0.3, -0.25) is 9.88 Å². The number of hydrogen-bond donors (Lipinski definition) is 3. The van der Waals surface area contributed by atoms with E-state index in [2.05, 4.69) is 33.5 Å². The molecule has 2 aromatic rings. The molecule has 1 aliphatic rings. The van der Waals surface area contributed by atoms with Crippen molar-refractivity contribution in [2.24, 2.45) is 4.99 Å². The Hall–Kier alpha value is -2.44. The average molecular weight is 382 g/mol. The zero-order valence-corrected chi connectivity index (χ0v) is 16.6. The normalized spacial score (nSPS) is 16.1. The number of benzene rings is 1. The van der Waals surface area contributed by atoms with Crippen LogP contribution in [0.1, 0.15) is 36.6 Å². The third kappa shape index (κ3) is 6.04. The lowest BCUT2D eigenvalue weighted by atomic mass is 10.0. The minimum Gasteiger partial charge on any atom is -0.392 e. The average Bonchev–Trinajstić information content (AvgIpc) is 2.74. The lowest BCUT2D eigenvalue weighted by molar-refractivity contribution is 0.196. The molecule has 28 heavy (non-hydrogen) atoms. The molecule has 0 aliphatic carbocycles. The molecule has 0 atom stereocenters. The molecule has 0 amide bonds. The number of nitrogens with one attached hydrogen (secondary N) is 2. The van der Waals surface area contributed by atoms with Gasteiger partial charge in [-0.2, -0.15) is 0 Å². The number of pyridine rings is 1. The fourth-order valence-corrected chi connectivity index (χ4v) is 3.50. The van der Waals surface area contributed by atoms with Gasteiger partial charge in [0, 0.05) is 38.4 Å². The largest absolute Gasteiger partial charge is 0.392 e. The molecule has 0 saturated carbocycles. The summed E-state index contributed by atoms with van der Waals surface area (Å²) < 4.78 is 0. The summed E-state index contributed by atoms with van der Waals surface area (Å²) in [7, 11) is 0. The fraction of sp³-hybridized carbons (Fsp3) is 0.455. The molecule has 6 nitrogen and oxygen atoms in total. The lowest BCUT2D eigenvalue weighted by Crippen LogP contribution is -2.48. The van der Waals surface area contributed by atoms with E-state index in [4.69, 9.17) is 4.99 Å². The van der Waals surface area contributed by atoms with E-state index < -0.39 is 0 Å². The molecule has 0 radical (unpaired) electrons. The maximum absolute atomic E-state index is 9.49. The molecule has 0 unspecified atom stereocenters. The van der Waals surface area contributed by atoms with Crippen LogP contribution in [-0.4, -0.2) is 46.6 Å². The highest BCUT2D eigenvalue weighted by Gasteiger charge is 2.20. The molecule has 0 bridgehead atoms. The van der Waals surface area contributed by atoms with Crippen LogP contribution in [-0.2, 0) is 19.7 Å². The third-order valence-electron chi connectivity index (χ3n) is 5.08. The first-order valence-electron chi connectivity index (χ1n) is 10.1. The Kier molecular flexibility index (Phi) is 7.82. The molecule has 3 N–H and O–H groups in total. The predicted octanol–water partition coefficient (Wildman–Crippen LogP) is 2.29. The van der Waals surface area contributed by atoms with Crippen LogP contribution in [0.3, 0.4) is 0 Å². The maximum Gasteiger partial charge on any atom is 0.191 e. The summed E-state index contributed by atoms with van der Waals surface area (Å²) in [6.45, 7) is 6.54. The van der Waals surface area contributed by atoms with Crippen molar-refractivity contribution in [3.8, 4) is 0 Å². The highest BCUT2D eigenvalue weighted by atomic mass is 16.3. The summed E-state index contributed by atoms with van der Waals surface area (Å²) in [4.78, 5) is 11.6. The highest BCUT2D eigenvalue weighted by molar-refractivity contribution is 5.80. The molecule has 1 fully saturated rings. The molecule has 6 heteroatoms. The number of nitrogens with zero attached hydrogens (tertiary/aromatic N) is 3. The van der Waals surface area contributed by atoms with Gasteiger partial charge in [0.15, 0.2) is 5.96 Å². The van der Waals surface area contributed by atoms with E-state index in [1.807, 2.05) is 42.6 Å². The summed E-state index contributed by atoms with van der Waals surface area (Å²) in [6.07, 6.45) is 4.03. The number of aliphatic hydroxyl groups excluding tert-OH is 1. The van der Waals surface area contributed by atoms with Crippen LogP contribution in [0.25, 0.3) is 0 Å². The Labute approximate surface area is 167 Å². The van der Waals surface area contributed by atoms with Gasteiger partial charge in [0.2, 0.25) is 0 Å². The predicted molar refractivity (Wildman–Crippen MR) is 113 cm³/mol. The van der Waals surface area contributed by atoms with Gasteiger partial charge in [-0.25, -0.2) is 4.99 Å². The second-order valence-corrected chi connectivity index (χ2v) is 7.14. The van der Waals surface area contributed by atoms with Gasteiger partial charge in [0.25, 0.3) is 0 Å². The van der Waals surface area contributed by atoms with Gasteiger partial charge >= 0.3 is 0 Å². The number of likely N-dealkylation sites (tertiary alicyclic amines) is 1. The number of aliphatic imine (C=N–C) groups is 1. The maximum atomic E-state index is 9.49. The van der Waals surface area contributed by atoms with Gasteiger partial charge in [-0.05, 0) is 43.0 Å². The van der Waals surface area contributed by atoms with Gasteiger partial charge < -0.3 is 15.7 Å². The minimum absolute atomic E-state index is 0.0460. The Morgan fingerprint density at radius 1 is 1.14 bits per heavy atom. The van der Waals surface area contributed by atoms with E-state index in [0.717, 1.165) is 61.8 Å². The molecular weight excluding hydrogens is 350 g/mol. The van der Waals surface area contributed by atoms with Crippen LogP contribution in [0.15, 0.2) is 53.7 Å². The summed E-state index contributed by atoms with van der Waals surface area (Å²) in [5.41, 5.74) is 3.13. The molecule has 1 aromatic heterocycles. The molecule has 3 rings (SSSR count). The molecule has 0 spiro atoms. The number of aromatic nitrogens is 1. The van der Waals surface area contributed by atoms with Crippen molar-refractivity contribution in [3.63, 3.8) is 0 Å². The molecule has 1 saturated heterocycles. The first kappa shape index (κ1) is 20.3. The Balaban J connectivity index is 1.52. The molecule has 150 valence electrons. The van der Waals surface area contributed by atoms with Gasteiger partial charge in [0.05, 0.1) is 18.8 Å². The summed E-state index contributed by atoms with van der Waals surface area (Å²) in [5, 5.41) is 16.4. The van der Waals surface area contributed by atoms with Crippen molar-refractivity contribution in [2.45, 2.75) is 45.5 Å². The second-order valence-electron chi connectivity index (χ2n) is 7.14. The van der Waals surface area contributed by atoms with E-state index in [0.29, 0.717) is 12.6 Å². The van der Waals surface area contributed by atoms with Gasteiger partial charge in [-0.15, -0.1) is 0 Å². The summed E-state index contributed by atoms with van der Waals surface area (Å²) in [6, 6.07) is 14.4. The Bertz CT molecular complexity index is 742. The SMILES string of the molecule is CCNC(=NCc1ccccc1CO)NC1CCN(Cc2ccccn2)CC1. The quantitative estimate of drug-likeness (QED) is 0.507. The van der Waals surface area contributed by atoms with Crippen LogP contribution < -0.4 is 10.6 Å². The standard InChI is InChI=1S/C22H31N5O/c1-2-23-22(25-15-18-7-3-4-8-19(18)17-28)26-20-10-13-27(14-11-20)16-21-9-5-6-12-24-21/h3-9,12,20,28H,2,10-11,13-17H2,1H3,(H2,23,25,26). The van der Waals surface area contributed by atoms with E-state index in [9.17, 15) is 5.11 Å². The molecule has 1 aromatic carbocycles. The van der Waals surface area contributed by atoms with Crippen LogP contribution in [0.4, 0.5) is 0 Å². The number of rotatable bonds is 7. The topological polar surface area (TPSA) is 72.8 Å². The van der Waals surface area contributed by atoms with Crippen molar-refractivity contribution >= 4 is 5.96 Å². The zero-order valence-electron chi connectivity index (χ0n) is 16.6. The van der Waals surface area contributed by atoms with Gasteiger partial charge in [0.1, 0.15) is 0 Å². The highest BCUT2D eigenvalue weighted by Crippen LogP contribution is 2.13. The fourth-order valence-electron chi connectivity index (χ4n) is 3.50. The van der Waals surface area contributed by atoms with Crippen molar-refractivity contribution in [2.75, 3.05) is 19.6 Å². The lowest BCUT2D eigenvalue weighted by Gasteiger charge is -2.32. The molecular formula is C22H31N5O. The second kappa shape index (κ2) is 10.8. The van der Waals surface area contributed by atoms with Crippen LogP contribution in [0.5, 0.6) is 0 Å². The number of aliphatic hydroxyl groups is 1. The van der Waals surface area contributed by atoms with Crippen LogP contribution >= 0.6 is 0 Å². The third-order valence-corrected chi connectivity index (χ3v) is 5.08. The van der Waals surface area contributed by atoms with Crippen molar-refractivity contribution < 1.29 is 5.11 Å². The first-order chi connectivity index (χ1) is 13.8. The van der Waals surface area contributed by atoms with E-state index in [-0.39, 0.29) is 6.61 Å². The minimum atomic E-state index is 0.0460. The molecule has 2 heterocycles. The molecule has 1 aliphatic heterocycles. The smallest absolute Gasteiger partial charge is 0.191 e. The summed E-state index contributed by atoms with van der Waals surface area (Å²) >= 11 is 0. The zero-order chi connectivity index (χ0) is 19.6. The number of guanidine groups is 1. The van der Waals surface area contributed by atoms with Crippen molar-refractivity contribution in [1.29, 1.82) is 0 Å². The van der Waals surface area contributed by atoms with E-state index in [1.165, 1.54) is 0 Å². The van der Waals surface area contributed by atoms with E-state index >= 15 is 0 Å². The Morgan fingerprint density at radius 3 is 2.57 bits per heavy atom. The van der Waals surface area contributed by atoms with Gasteiger partial charge in [-0.1, -0.05) is 30.3 Å². The first-order valence-corrected chi connectivity index (χ1v) is 10.1. The van der Waals surface area contributed by atoms with Crippen molar-refractivity contribution in [1.82, 2.24) is 20.5 Å². The Morgan fingerprint density at radius 2 is 1.89 bits per heavy atom. The number of hydrogen-bond acceptors (Lipinski definition) is 4. The van der Waals surface area contributed by atoms with E-state index in [1.54, 1.807) is 0 Å². The monoisotopic (exact) mass is 381 g/mol. The summed E-state index contributed by atoms with van der Waals surface area (Å²) in [5.74, 6) is 0.846. The van der Waals surface area contributed by atoms with Crippen LogP contribution in [0.2, 0.25) is 0 Å². The van der Waals surface area contributed by atoms with Crippen molar-refractivity contribution in [3.05, 3.63) is 65.5 Å². The van der Waals surface area contributed by atoms with Crippen LogP contribution in [0, 0.1) is 0 Å². The number of piperidine rings is 1.